The van der Waals surface area contributed by atoms with Crippen molar-refractivity contribution in [2.75, 3.05) is 5.75 Å². The first-order chi connectivity index (χ1) is 8.28. The number of thioether (sulfide) groups is 1. The van der Waals surface area contributed by atoms with Crippen molar-refractivity contribution >= 4 is 34.6 Å². The van der Waals surface area contributed by atoms with E-state index in [9.17, 15) is 9.59 Å². The van der Waals surface area contributed by atoms with Crippen LogP contribution in [0.4, 0.5) is 0 Å². The molecule has 0 radical (unpaired) electrons. The summed E-state index contributed by atoms with van der Waals surface area (Å²) < 4.78 is 5.18. The molecule has 1 aromatic rings. The van der Waals surface area contributed by atoms with Crippen LogP contribution in [0.1, 0.15) is 31.1 Å². The number of halogens is 1. The average Bonchev–Trinajstić information content (AvgIpc) is 2.24. The zero-order chi connectivity index (χ0) is 13.8. The van der Waals surface area contributed by atoms with Crippen LogP contribution in [0, 0.1) is 0 Å². The summed E-state index contributed by atoms with van der Waals surface area (Å²) in [5, 5.41) is -0.505. The molecule has 0 N–H and O–H groups in total. The molecule has 0 aromatic heterocycles. The molecule has 0 saturated heterocycles. The van der Waals surface area contributed by atoms with Crippen molar-refractivity contribution in [2.45, 2.75) is 31.3 Å². The van der Waals surface area contributed by atoms with Crippen LogP contribution >= 0.6 is 23.4 Å². The smallest absolute Gasteiger partial charge is 0.316 e. The van der Waals surface area contributed by atoms with Crippen LogP contribution in [0.2, 0.25) is 0 Å². The molecule has 0 atom stereocenters. The molecule has 0 unspecified atom stereocenters. The third-order valence-electron chi connectivity index (χ3n) is 1.84. The topological polar surface area (TPSA) is 43.4 Å². The number of carbonyl (C=O) groups excluding carboxylic acids is 2. The Morgan fingerprint density at radius 3 is 2.56 bits per heavy atom. The van der Waals surface area contributed by atoms with Crippen LogP contribution in [0.5, 0.6) is 0 Å². The molecule has 0 aliphatic heterocycles. The molecule has 98 valence electrons. The lowest BCUT2D eigenvalue weighted by atomic mass is 10.2. The Balaban J connectivity index is 2.56. The molecule has 5 heteroatoms. The molecule has 0 aliphatic carbocycles. The van der Waals surface area contributed by atoms with Gasteiger partial charge in [0, 0.05) is 10.5 Å². The second kappa shape index (κ2) is 6.25. The highest BCUT2D eigenvalue weighted by atomic mass is 35.5. The first-order valence-electron chi connectivity index (χ1n) is 5.42. The molecule has 0 heterocycles. The van der Waals surface area contributed by atoms with E-state index < -0.39 is 10.8 Å². The van der Waals surface area contributed by atoms with E-state index in [1.807, 2.05) is 26.8 Å². The van der Waals surface area contributed by atoms with Crippen LogP contribution in [-0.2, 0) is 9.53 Å². The van der Waals surface area contributed by atoms with Crippen molar-refractivity contribution in [1.82, 2.24) is 0 Å². The number of benzene rings is 1. The molecule has 3 nitrogen and oxygen atoms in total. The van der Waals surface area contributed by atoms with E-state index in [2.05, 4.69) is 0 Å². The number of carbonyl (C=O) groups is 2. The van der Waals surface area contributed by atoms with Crippen LogP contribution < -0.4 is 0 Å². The molecule has 0 amide bonds. The maximum absolute atomic E-state index is 11.5. The van der Waals surface area contributed by atoms with Gasteiger partial charge in [0.05, 0.1) is 5.75 Å². The SMILES string of the molecule is CC(C)(C)OC(=O)CSc1cccc(C(=O)Cl)c1. The summed E-state index contributed by atoms with van der Waals surface area (Å²) in [5.41, 5.74) is -0.0585. The molecule has 0 fully saturated rings. The van der Waals surface area contributed by atoms with Gasteiger partial charge in [0.1, 0.15) is 5.60 Å². The van der Waals surface area contributed by atoms with Gasteiger partial charge in [-0.3, -0.25) is 9.59 Å². The second-order valence-corrected chi connectivity index (χ2v) is 6.07. The van der Waals surface area contributed by atoms with Crippen LogP contribution in [0.3, 0.4) is 0 Å². The lowest BCUT2D eigenvalue weighted by Gasteiger charge is -2.19. The van der Waals surface area contributed by atoms with Gasteiger partial charge < -0.3 is 4.74 Å². The molecule has 1 rings (SSSR count). The van der Waals surface area contributed by atoms with Gasteiger partial charge in [0.15, 0.2) is 0 Å². The number of hydrogen-bond acceptors (Lipinski definition) is 4. The number of rotatable bonds is 4. The summed E-state index contributed by atoms with van der Waals surface area (Å²) in [6.07, 6.45) is 0. The Hall–Kier alpha value is -1.00. The Bertz CT molecular complexity index is 452. The molecule has 1 aromatic carbocycles. The molecular weight excluding hydrogens is 272 g/mol. The Morgan fingerprint density at radius 1 is 1.33 bits per heavy atom. The van der Waals surface area contributed by atoms with Gasteiger partial charge in [-0.1, -0.05) is 12.1 Å². The summed E-state index contributed by atoms with van der Waals surface area (Å²) in [5.74, 6) is -0.0768. The van der Waals surface area contributed by atoms with Crippen molar-refractivity contribution in [3.63, 3.8) is 0 Å². The highest BCUT2D eigenvalue weighted by Crippen LogP contribution is 2.21. The van der Waals surface area contributed by atoms with Crippen LogP contribution in [-0.4, -0.2) is 22.6 Å². The number of ether oxygens (including phenoxy) is 1. The molecule has 0 bridgehead atoms. The second-order valence-electron chi connectivity index (χ2n) is 4.68. The van der Waals surface area contributed by atoms with E-state index in [-0.39, 0.29) is 11.7 Å². The molecule has 0 aliphatic rings. The van der Waals surface area contributed by atoms with Gasteiger partial charge in [-0.15, -0.1) is 11.8 Å². The average molecular weight is 287 g/mol. The van der Waals surface area contributed by atoms with Gasteiger partial charge in [-0.2, -0.15) is 0 Å². The zero-order valence-corrected chi connectivity index (χ0v) is 12.1. The van der Waals surface area contributed by atoms with Crippen molar-refractivity contribution in [2.24, 2.45) is 0 Å². The first kappa shape index (κ1) is 15.1. The van der Waals surface area contributed by atoms with E-state index in [0.29, 0.717) is 5.56 Å². The van der Waals surface area contributed by atoms with Gasteiger partial charge in [0.2, 0.25) is 0 Å². The Morgan fingerprint density at radius 2 is 2.00 bits per heavy atom. The first-order valence-corrected chi connectivity index (χ1v) is 6.79. The summed E-state index contributed by atoms with van der Waals surface area (Å²) >= 11 is 6.70. The van der Waals surface area contributed by atoms with E-state index in [0.717, 1.165) is 4.90 Å². The Labute approximate surface area is 116 Å². The fourth-order valence-electron chi connectivity index (χ4n) is 1.22. The summed E-state index contributed by atoms with van der Waals surface area (Å²) in [6.45, 7) is 5.47. The van der Waals surface area contributed by atoms with Crippen molar-refractivity contribution < 1.29 is 14.3 Å². The van der Waals surface area contributed by atoms with Crippen LogP contribution in [0.15, 0.2) is 29.2 Å². The van der Waals surface area contributed by atoms with E-state index >= 15 is 0 Å². The lowest BCUT2D eigenvalue weighted by molar-refractivity contribution is -0.151. The minimum atomic E-state index is -0.505. The standard InChI is InChI=1S/C13H15ClO3S/c1-13(2,3)17-11(15)8-18-10-6-4-5-9(7-10)12(14)16/h4-7H,8H2,1-3H3. The van der Waals surface area contributed by atoms with E-state index in [1.165, 1.54) is 11.8 Å². The normalized spacial score (nSPS) is 11.1. The monoisotopic (exact) mass is 286 g/mol. The van der Waals surface area contributed by atoms with Crippen molar-refractivity contribution in [1.29, 1.82) is 0 Å². The third kappa shape index (κ3) is 5.56. The quantitative estimate of drug-likeness (QED) is 0.483. The molecule has 0 saturated carbocycles. The van der Waals surface area contributed by atoms with E-state index in [4.69, 9.17) is 16.3 Å². The van der Waals surface area contributed by atoms with Crippen molar-refractivity contribution in [3.8, 4) is 0 Å². The summed E-state index contributed by atoms with van der Waals surface area (Å²) in [6, 6.07) is 6.84. The lowest BCUT2D eigenvalue weighted by Crippen LogP contribution is -2.24. The Kier molecular flexibility index (Phi) is 5.23. The predicted octanol–water partition coefficient (Wildman–Crippen LogP) is 3.50. The summed E-state index contributed by atoms with van der Waals surface area (Å²) in [4.78, 5) is 23.3. The maximum Gasteiger partial charge on any atom is 0.316 e. The van der Waals surface area contributed by atoms with Gasteiger partial charge in [-0.05, 0) is 44.5 Å². The maximum atomic E-state index is 11.5. The zero-order valence-electron chi connectivity index (χ0n) is 10.5. The molecular formula is C13H15ClO3S. The van der Waals surface area contributed by atoms with Crippen molar-refractivity contribution in [3.05, 3.63) is 29.8 Å². The largest absolute Gasteiger partial charge is 0.459 e. The summed E-state index contributed by atoms with van der Waals surface area (Å²) in [7, 11) is 0. The molecule has 0 spiro atoms. The highest BCUT2D eigenvalue weighted by Gasteiger charge is 2.16. The number of esters is 1. The van der Waals surface area contributed by atoms with Crippen LogP contribution in [0.25, 0.3) is 0 Å². The van der Waals surface area contributed by atoms with Gasteiger partial charge in [0.25, 0.3) is 5.24 Å². The predicted molar refractivity (Wildman–Crippen MR) is 73.2 cm³/mol. The van der Waals surface area contributed by atoms with Gasteiger partial charge >= 0.3 is 5.97 Å². The van der Waals surface area contributed by atoms with Gasteiger partial charge in [-0.25, -0.2) is 0 Å². The van der Waals surface area contributed by atoms with E-state index in [1.54, 1.807) is 18.2 Å². The third-order valence-corrected chi connectivity index (χ3v) is 3.02. The highest BCUT2D eigenvalue weighted by molar-refractivity contribution is 8.00. The molecule has 18 heavy (non-hydrogen) atoms. The fraction of sp³-hybridized carbons (Fsp3) is 0.385. The fourth-order valence-corrected chi connectivity index (χ4v) is 2.07. The minimum absolute atomic E-state index is 0.206. The minimum Gasteiger partial charge on any atom is -0.459 e. The number of hydrogen-bond donors (Lipinski definition) is 0.